The van der Waals surface area contributed by atoms with Crippen LogP contribution in [-0.4, -0.2) is 10.4 Å². The predicted molar refractivity (Wildman–Crippen MR) is 71.4 cm³/mol. The first-order valence-corrected chi connectivity index (χ1v) is 7.62. The van der Waals surface area contributed by atoms with Crippen LogP contribution < -0.4 is 11.1 Å². The van der Waals surface area contributed by atoms with E-state index >= 15 is 0 Å². The Kier molecular flexibility index (Phi) is 2.16. The van der Waals surface area contributed by atoms with Crippen molar-refractivity contribution in [3.8, 4) is 0 Å². The fourth-order valence-electron chi connectivity index (χ4n) is 2.86. The summed E-state index contributed by atoms with van der Waals surface area (Å²) in [6.07, 6.45) is 8.27. The molecule has 3 fully saturated rings. The Balaban J connectivity index is 1.56. The highest BCUT2D eigenvalue weighted by molar-refractivity contribution is 7.10. The van der Waals surface area contributed by atoms with Gasteiger partial charge in [-0.05, 0) is 67.8 Å². The van der Waals surface area contributed by atoms with Crippen molar-refractivity contribution in [3.05, 3.63) is 5.56 Å². The molecule has 4 rings (SSSR count). The molecule has 3 saturated carbocycles. The van der Waals surface area contributed by atoms with E-state index in [1.165, 1.54) is 49.1 Å². The molecule has 0 bridgehead atoms. The monoisotopic (exact) mass is 249 g/mol. The molecule has 3 aliphatic rings. The van der Waals surface area contributed by atoms with E-state index in [9.17, 15) is 0 Å². The van der Waals surface area contributed by atoms with Gasteiger partial charge in [0.25, 0.3) is 0 Å². The summed E-state index contributed by atoms with van der Waals surface area (Å²) in [5.74, 6) is 3.34. The van der Waals surface area contributed by atoms with Gasteiger partial charge >= 0.3 is 0 Å². The molecule has 3 aliphatic carbocycles. The molecule has 1 aromatic heterocycles. The van der Waals surface area contributed by atoms with Gasteiger partial charge in [-0.2, -0.15) is 4.37 Å². The lowest BCUT2D eigenvalue weighted by atomic mass is 10.1. The number of hydrogen-bond acceptors (Lipinski definition) is 4. The van der Waals surface area contributed by atoms with Crippen LogP contribution in [0, 0.1) is 11.8 Å². The SMILES string of the molecule is Nc1nsc(NC(C2CC2)C2CC2)c1C1CC1. The summed E-state index contributed by atoms with van der Waals surface area (Å²) < 4.78 is 4.35. The van der Waals surface area contributed by atoms with E-state index in [-0.39, 0.29) is 0 Å². The Labute approximate surface area is 106 Å². The minimum Gasteiger partial charge on any atom is -0.383 e. The molecule has 17 heavy (non-hydrogen) atoms. The Bertz CT molecular complexity index is 418. The lowest BCUT2D eigenvalue weighted by molar-refractivity contribution is 0.568. The lowest BCUT2D eigenvalue weighted by Gasteiger charge is -2.18. The van der Waals surface area contributed by atoms with Crippen LogP contribution in [0.5, 0.6) is 0 Å². The van der Waals surface area contributed by atoms with Crippen molar-refractivity contribution in [2.24, 2.45) is 11.8 Å². The molecule has 0 aromatic carbocycles. The van der Waals surface area contributed by atoms with E-state index < -0.39 is 0 Å². The second-order valence-electron chi connectivity index (χ2n) is 5.93. The van der Waals surface area contributed by atoms with E-state index in [0.29, 0.717) is 12.0 Å². The zero-order valence-corrected chi connectivity index (χ0v) is 10.8. The van der Waals surface area contributed by atoms with Gasteiger partial charge in [-0.25, -0.2) is 0 Å². The van der Waals surface area contributed by atoms with Crippen molar-refractivity contribution in [1.82, 2.24) is 4.37 Å². The Hall–Kier alpha value is -0.770. The maximum atomic E-state index is 6.00. The molecule has 1 heterocycles. The summed E-state index contributed by atoms with van der Waals surface area (Å²) in [5.41, 5.74) is 7.34. The van der Waals surface area contributed by atoms with Crippen molar-refractivity contribution >= 4 is 22.4 Å². The third kappa shape index (κ3) is 1.92. The van der Waals surface area contributed by atoms with Crippen molar-refractivity contribution in [2.45, 2.75) is 50.5 Å². The molecule has 0 spiro atoms. The van der Waals surface area contributed by atoms with Crippen LogP contribution in [0.3, 0.4) is 0 Å². The zero-order valence-electron chi connectivity index (χ0n) is 9.98. The van der Waals surface area contributed by atoms with Gasteiger partial charge in [-0.15, -0.1) is 0 Å². The Morgan fingerprint density at radius 2 is 1.76 bits per heavy atom. The van der Waals surface area contributed by atoms with E-state index in [1.807, 2.05) is 0 Å². The topological polar surface area (TPSA) is 50.9 Å². The van der Waals surface area contributed by atoms with Crippen molar-refractivity contribution < 1.29 is 0 Å². The summed E-state index contributed by atoms with van der Waals surface area (Å²) in [6, 6.07) is 0.715. The number of nitrogen functional groups attached to an aromatic ring is 1. The summed E-state index contributed by atoms with van der Waals surface area (Å²) in [6.45, 7) is 0. The van der Waals surface area contributed by atoms with Crippen LogP contribution in [0.4, 0.5) is 10.8 Å². The van der Waals surface area contributed by atoms with Gasteiger partial charge in [-0.1, -0.05) is 0 Å². The van der Waals surface area contributed by atoms with Crippen LogP contribution in [0.15, 0.2) is 0 Å². The second-order valence-corrected chi connectivity index (χ2v) is 6.70. The van der Waals surface area contributed by atoms with Crippen molar-refractivity contribution in [1.29, 1.82) is 0 Å². The average Bonchev–Trinajstić information content (AvgIpc) is 3.17. The van der Waals surface area contributed by atoms with Gasteiger partial charge in [0.05, 0.1) is 0 Å². The summed E-state index contributed by atoms with van der Waals surface area (Å²) in [4.78, 5) is 0. The highest BCUT2D eigenvalue weighted by atomic mass is 32.1. The van der Waals surface area contributed by atoms with E-state index in [1.54, 1.807) is 11.5 Å². The van der Waals surface area contributed by atoms with Gasteiger partial charge in [0.2, 0.25) is 0 Å². The number of aromatic nitrogens is 1. The number of nitrogens with one attached hydrogen (secondary N) is 1. The number of rotatable bonds is 5. The average molecular weight is 249 g/mol. The third-order valence-corrected chi connectivity index (χ3v) is 5.11. The molecule has 0 aliphatic heterocycles. The number of nitrogens with zero attached hydrogens (tertiary/aromatic N) is 1. The second kappa shape index (κ2) is 3.61. The Morgan fingerprint density at radius 3 is 2.29 bits per heavy atom. The molecule has 0 atom stereocenters. The van der Waals surface area contributed by atoms with E-state index in [0.717, 1.165) is 17.7 Å². The molecule has 92 valence electrons. The van der Waals surface area contributed by atoms with Crippen molar-refractivity contribution in [2.75, 3.05) is 11.1 Å². The molecule has 4 heteroatoms. The summed E-state index contributed by atoms with van der Waals surface area (Å²) >= 11 is 1.58. The molecule has 0 unspecified atom stereocenters. The first-order chi connectivity index (χ1) is 8.33. The number of hydrogen-bond donors (Lipinski definition) is 2. The fraction of sp³-hybridized carbons (Fsp3) is 0.769. The number of anilines is 2. The summed E-state index contributed by atoms with van der Waals surface area (Å²) in [7, 11) is 0. The van der Waals surface area contributed by atoms with Crippen LogP contribution in [-0.2, 0) is 0 Å². The predicted octanol–water partition coefficient (Wildman–Crippen LogP) is 3.20. The minimum absolute atomic E-state index is 0.704. The normalized spacial score (nSPS) is 24.3. The van der Waals surface area contributed by atoms with Crippen LogP contribution in [0.1, 0.15) is 50.0 Å². The van der Waals surface area contributed by atoms with Crippen LogP contribution in [0.2, 0.25) is 0 Å². The molecule has 3 nitrogen and oxygen atoms in total. The molecular formula is C13H19N3S. The highest BCUT2D eigenvalue weighted by Crippen LogP contribution is 2.50. The third-order valence-electron chi connectivity index (χ3n) is 4.30. The molecule has 1 aromatic rings. The Morgan fingerprint density at radius 1 is 1.12 bits per heavy atom. The van der Waals surface area contributed by atoms with Crippen LogP contribution >= 0.6 is 11.5 Å². The van der Waals surface area contributed by atoms with Gasteiger partial charge in [0, 0.05) is 11.6 Å². The quantitative estimate of drug-likeness (QED) is 0.842. The molecule has 0 saturated heterocycles. The number of nitrogens with two attached hydrogens (primary N) is 1. The maximum Gasteiger partial charge on any atom is 0.142 e. The fourth-order valence-corrected chi connectivity index (χ4v) is 3.71. The first kappa shape index (κ1) is 10.2. The summed E-state index contributed by atoms with van der Waals surface area (Å²) in [5, 5.41) is 5.08. The van der Waals surface area contributed by atoms with Gasteiger partial charge in [0.15, 0.2) is 0 Å². The minimum atomic E-state index is 0.704. The maximum absolute atomic E-state index is 6.00. The largest absolute Gasteiger partial charge is 0.383 e. The van der Waals surface area contributed by atoms with E-state index in [4.69, 9.17) is 5.73 Å². The first-order valence-electron chi connectivity index (χ1n) is 6.84. The smallest absolute Gasteiger partial charge is 0.142 e. The van der Waals surface area contributed by atoms with Crippen molar-refractivity contribution in [3.63, 3.8) is 0 Å². The van der Waals surface area contributed by atoms with Gasteiger partial charge in [-0.3, -0.25) is 0 Å². The molecule has 3 N–H and O–H groups in total. The van der Waals surface area contributed by atoms with Gasteiger partial charge in [0.1, 0.15) is 10.8 Å². The zero-order chi connectivity index (χ0) is 11.4. The van der Waals surface area contributed by atoms with Gasteiger partial charge < -0.3 is 11.1 Å². The standard InChI is InChI=1S/C13H19N3S/c14-12-10(7-1-2-7)13(17-16-12)15-11(8-3-4-8)9-5-6-9/h7-9,11,15H,1-6H2,(H2,14,16). The molecule has 0 radical (unpaired) electrons. The molecule has 0 amide bonds. The molecular weight excluding hydrogens is 230 g/mol. The highest BCUT2D eigenvalue weighted by Gasteiger charge is 2.42. The van der Waals surface area contributed by atoms with Crippen LogP contribution in [0.25, 0.3) is 0 Å². The lowest BCUT2D eigenvalue weighted by Crippen LogP contribution is -2.24. The van der Waals surface area contributed by atoms with E-state index in [2.05, 4.69) is 9.69 Å².